The number of halogens is 3. The van der Waals surface area contributed by atoms with Crippen LogP contribution < -0.4 is 4.74 Å². The number of nitrogens with zero attached hydrogens (tertiary/aromatic N) is 7. The number of piperidine rings is 3. The highest BCUT2D eigenvalue weighted by Crippen LogP contribution is 2.53. The van der Waals surface area contributed by atoms with Crippen molar-refractivity contribution in [3.8, 4) is 16.9 Å². The Morgan fingerprint density at radius 2 is 1.61 bits per heavy atom. The van der Waals surface area contributed by atoms with Crippen molar-refractivity contribution in [3.63, 3.8) is 0 Å². The summed E-state index contributed by atoms with van der Waals surface area (Å²) >= 11 is 0. The minimum Gasteiger partial charge on any atom is -0.481 e. The molecule has 3 aromatic rings. The van der Waals surface area contributed by atoms with E-state index in [0.717, 1.165) is 104 Å². The number of aliphatic imine (C=N–C) groups is 1. The van der Waals surface area contributed by atoms with Gasteiger partial charge in [-0.05, 0) is 119 Å². The number of nitrogens with one attached hydrogen (secondary N) is 1. The van der Waals surface area contributed by atoms with Crippen molar-refractivity contribution in [2.24, 2.45) is 16.3 Å². The molecule has 1 unspecified atom stereocenters. The van der Waals surface area contributed by atoms with Gasteiger partial charge in [0.1, 0.15) is 17.7 Å². The minimum absolute atomic E-state index is 0.0277. The standard InChI is InChI=1S/C44H55F3N8O2/c1-5-29-23-33-39(40(57-27-44(45,46)47)38(29)37-28(3)7-10-35-34(37)24-48-50-35)49-41(30-11-17-52(18-12-30)32-13-19-53(20-14-32)31-8-9-31)51(4)42(33)54-21-15-43(16-22-54)25-55(26-43)36(56)6-2/h5-7,10,23-24,30-32,42H,1-2,8-9,11-22,25-27H2,3-4H3,(H,48,50). The Balaban J connectivity index is 1.10. The van der Waals surface area contributed by atoms with Gasteiger partial charge in [0.15, 0.2) is 12.4 Å². The van der Waals surface area contributed by atoms with Gasteiger partial charge in [0.05, 0.1) is 11.7 Å². The SMILES string of the molecule is C=CC(=O)N1CC2(CCN(C3c4cc(C=C)c(-c5c(C)ccc6[nH]ncc56)c(OCC(F)(F)F)c4N=C(C4CCN(C5CCN(C6CC6)CC5)CC4)N3C)CC2)C1. The Bertz CT molecular complexity index is 2060. The van der Waals surface area contributed by atoms with E-state index in [1.165, 1.54) is 44.8 Å². The number of amidine groups is 1. The maximum Gasteiger partial charge on any atom is 0.422 e. The minimum atomic E-state index is -4.56. The van der Waals surface area contributed by atoms with Crippen LogP contribution in [-0.2, 0) is 4.79 Å². The Morgan fingerprint density at radius 1 is 0.947 bits per heavy atom. The number of rotatable bonds is 9. The number of aromatic amines is 1. The van der Waals surface area contributed by atoms with Gasteiger partial charge >= 0.3 is 6.18 Å². The first-order valence-corrected chi connectivity index (χ1v) is 20.9. The number of fused-ring (bicyclic) bond motifs is 2. The summed E-state index contributed by atoms with van der Waals surface area (Å²) in [5.41, 5.74) is 5.03. The van der Waals surface area contributed by atoms with Crippen LogP contribution in [0.2, 0.25) is 0 Å². The van der Waals surface area contributed by atoms with Crippen molar-refractivity contribution in [2.75, 3.05) is 66.0 Å². The first-order chi connectivity index (χ1) is 27.5. The molecule has 1 aromatic heterocycles. The Labute approximate surface area is 333 Å². The highest BCUT2D eigenvalue weighted by Gasteiger charge is 2.49. The molecular formula is C44H55F3N8O2. The second-order valence-corrected chi connectivity index (χ2v) is 17.5. The third-order valence-corrected chi connectivity index (χ3v) is 13.9. The second-order valence-electron chi connectivity index (χ2n) is 17.5. The maximum absolute atomic E-state index is 14.2. The number of carbonyl (C=O) groups is 1. The maximum atomic E-state index is 14.2. The van der Waals surface area contributed by atoms with Crippen LogP contribution in [-0.4, -0.2) is 131 Å². The molecule has 2 aromatic carbocycles. The van der Waals surface area contributed by atoms with Crippen LogP contribution in [0.4, 0.5) is 18.9 Å². The van der Waals surface area contributed by atoms with Gasteiger partial charge in [0, 0.05) is 73.2 Å². The summed E-state index contributed by atoms with van der Waals surface area (Å²) in [6.07, 6.45) is 8.84. The zero-order chi connectivity index (χ0) is 39.6. The summed E-state index contributed by atoms with van der Waals surface area (Å²) in [6.45, 7) is 15.7. The fourth-order valence-corrected chi connectivity index (χ4v) is 10.7. The molecule has 6 aliphatic rings. The van der Waals surface area contributed by atoms with Crippen molar-refractivity contribution < 1.29 is 22.7 Å². The van der Waals surface area contributed by atoms with Crippen molar-refractivity contribution >= 4 is 34.4 Å². The number of aryl methyl sites for hydroxylation is 1. The molecule has 1 N–H and O–H groups in total. The molecule has 5 aliphatic heterocycles. The lowest BCUT2D eigenvalue weighted by Crippen LogP contribution is -2.62. The molecular weight excluding hydrogens is 730 g/mol. The lowest BCUT2D eigenvalue weighted by atomic mass is 9.71. The van der Waals surface area contributed by atoms with Crippen LogP contribution in [0.15, 0.2) is 48.6 Å². The summed E-state index contributed by atoms with van der Waals surface area (Å²) in [4.78, 5) is 29.7. The number of H-pyrrole nitrogens is 1. The number of hydrogen-bond acceptors (Lipinski definition) is 8. The van der Waals surface area contributed by atoms with E-state index < -0.39 is 12.8 Å². The summed E-state index contributed by atoms with van der Waals surface area (Å²) in [5, 5.41) is 8.12. The predicted molar refractivity (Wildman–Crippen MR) is 217 cm³/mol. The Hall–Kier alpha value is -4.20. The fourth-order valence-electron chi connectivity index (χ4n) is 10.7. The molecule has 1 saturated carbocycles. The van der Waals surface area contributed by atoms with Gasteiger partial charge in [0.2, 0.25) is 5.91 Å². The summed E-state index contributed by atoms with van der Waals surface area (Å²) in [7, 11) is 2.11. The van der Waals surface area contributed by atoms with Gasteiger partial charge in [-0.3, -0.25) is 14.8 Å². The summed E-state index contributed by atoms with van der Waals surface area (Å²) < 4.78 is 48.6. The molecule has 13 heteroatoms. The lowest BCUT2D eigenvalue weighted by Gasteiger charge is -2.56. The molecule has 10 nitrogen and oxygen atoms in total. The summed E-state index contributed by atoms with van der Waals surface area (Å²) in [5.74, 6) is 1.17. The fraction of sp³-hybridized carbons (Fsp3) is 0.568. The van der Waals surface area contributed by atoms with Gasteiger partial charge in [0.25, 0.3) is 0 Å². The first kappa shape index (κ1) is 38.3. The molecule has 1 atom stereocenters. The normalized spacial score (nSPS) is 24.0. The lowest BCUT2D eigenvalue weighted by molar-refractivity contribution is -0.153. The van der Waals surface area contributed by atoms with Crippen molar-refractivity contribution in [2.45, 2.75) is 82.7 Å². The molecule has 4 saturated heterocycles. The van der Waals surface area contributed by atoms with Crippen LogP contribution >= 0.6 is 0 Å². The zero-order valence-electron chi connectivity index (χ0n) is 33.3. The highest BCUT2D eigenvalue weighted by atomic mass is 19.4. The van der Waals surface area contributed by atoms with E-state index in [-0.39, 0.29) is 29.2 Å². The topological polar surface area (TPSA) is 83.5 Å². The first-order valence-electron chi connectivity index (χ1n) is 20.9. The van der Waals surface area contributed by atoms with E-state index in [1.807, 2.05) is 24.0 Å². The quantitative estimate of drug-likeness (QED) is 0.225. The van der Waals surface area contributed by atoms with Crippen LogP contribution in [0.25, 0.3) is 28.1 Å². The average molecular weight is 785 g/mol. The number of alkyl halides is 3. The molecule has 1 spiro atoms. The van der Waals surface area contributed by atoms with Crippen LogP contribution in [0.3, 0.4) is 0 Å². The molecule has 1 aliphatic carbocycles. The van der Waals surface area contributed by atoms with Crippen molar-refractivity contribution in [1.82, 2.24) is 34.7 Å². The summed E-state index contributed by atoms with van der Waals surface area (Å²) in [6, 6.07) is 7.38. The van der Waals surface area contributed by atoms with Gasteiger partial charge in [-0.2, -0.15) is 18.3 Å². The van der Waals surface area contributed by atoms with E-state index in [9.17, 15) is 18.0 Å². The van der Waals surface area contributed by atoms with Gasteiger partial charge in [-0.1, -0.05) is 25.3 Å². The molecule has 0 bridgehead atoms. The van der Waals surface area contributed by atoms with Gasteiger partial charge in [-0.15, -0.1) is 0 Å². The van der Waals surface area contributed by atoms with Crippen molar-refractivity contribution in [1.29, 1.82) is 0 Å². The molecule has 6 heterocycles. The van der Waals surface area contributed by atoms with E-state index >= 15 is 0 Å². The Kier molecular flexibility index (Phi) is 10.0. The third kappa shape index (κ3) is 7.18. The van der Waals surface area contributed by atoms with Crippen LogP contribution in [0, 0.1) is 18.3 Å². The number of ether oxygens (including phenoxy) is 1. The molecule has 5 fully saturated rings. The molecule has 304 valence electrons. The number of hydrogen-bond donors (Lipinski definition) is 1. The average Bonchev–Trinajstić information content (AvgIpc) is 3.95. The number of likely N-dealkylation sites (tertiary alicyclic amines) is 4. The van der Waals surface area contributed by atoms with Gasteiger partial charge in [-0.25, -0.2) is 4.99 Å². The predicted octanol–water partition coefficient (Wildman–Crippen LogP) is 7.55. The Morgan fingerprint density at radius 3 is 2.25 bits per heavy atom. The number of amides is 1. The molecule has 57 heavy (non-hydrogen) atoms. The molecule has 9 rings (SSSR count). The molecule has 1 amide bonds. The largest absolute Gasteiger partial charge is 0.481 e. The van der Waals surface area contributed by atoms with Gasteiger partial charge < -0.3 is 24.3 Å². The zero-order valence-corrected chi connectivity index (χ0v) is 33.3. The van der Waals surface area contributed by atoms with E-state index in [2.05, 4.69) is 56.1 Å². The van der Waals surface area contributed by atoms with E-state index in [4.69, 9.17) is 9.73 Å². The van der Waals surface area contributed by atoms with Crippen LogP contribution in [0.1, 0.15) is 74.2 Å². The molecule has 0 radical (unpaired) electrons. The highest BCUT2D eigenvalue weighted by molar-refractivity contribution is 6.03. The van der Waals surface area contributed by atoms with E-state index in [0.29, 0.717) is 22.9 Å². The number of aromatic nitrogens is 2. The van der Waals surface area contributed by atoms with E-state index in [1.54, 1.807) is 12.3 Å². The monoisotopic (exact) mass is 784 g/mol. The number of benzene rings is 2. The smallest absolute Gasteiger partial charge is 0.422 e. The number of carbonyl (C=O) groups excluding carboxylic acids is 1. The van der Waals surface area contributed by atoms with Crippen molar-refractivity contribution in [3.05, 3.63) is 60.3 Å². The second kappa shape index (κ2) is 14.9. The third-order valence-electron chi connectivity index (χ3n) is 13.9. The van der Waals surface area contributed by atoms with Crippen LogP contribution in [0.5, 0.6) is 5.75 Å².